The Morgan fingerprint density at radius 1 is 1.28 bits per heavy atom. The number of hydrogen-bond donors (Lipinski definition) is 2. The molecule has 1 aliphatic rings. The van der Waals surface area contributed by atoms with Crippen molar-refractivity contribution < 1.29 is 18.6 Å². The number of benzene rings is 1. The number of nitrogens with zero attached hydrogens (tertiary/aromatic N) is 1. The van der Waals surface area contributed by atoms with Crippen LogP contribution in [0.5, 0.6) is 5.75 Å². The summed E-state index contributed by atoms with van der Waals surface area (Å²) >= 11 is 0. The van der Waals surface area contributed by atoms with Crippen molar-refractivity contribution in [2.45, 2.75) is 17.7 Å². The summed E-state index contributed by atoms with van der Waals surface area (Å²) in [4.78, 5) is 0.199. The molecule has 0 bridgehead atoms. The fourth-order valence-corrected chi connectivity index (χ4v) is 3.73. The summed E-state index contributed by atoms with van der Waals surface area (Å²) < 4.78 is 26.0. The fraction of sp³-hybridized carbons (Fsp3) is 0.500. The highest BCUT2D eigenvalue weighted by Crippen LogP contribution is 2.26. The van der Waals surface area contributed by atoms with E-state index in [1.807, 2.05) is 0 Å². The maximum atomic E-state index is 12.3. The van der Waals surface area contributed by atoms with Gasteiger partial charge in [-0.05, 0) is 43.0 Å². The number of sulfonamides is 1. The van der Waals surface area contributed by atoms with Gasteiger partial charge in [0.1, 0.15) is 5.75 Å². The Morgan fingerprint density at radius 2 is 1.94 bits per heavy atom. The number of rotatable bonds is 4. The van der Waals surface area contributed by atoms with Crippen LogP contribution in [0.25, 0.3) is 0 Å². The molecule has 5 nitrogen and oxygen atoms in total. The van der Waals surface area contributed by atoms with Crippen LogP contribution in [-0.2, 0) is 10.0 Å². The van der Waals surface area contributed by atoms with Crippen LogP contribution < -0.4 is 0 Å². The van der Waals surface area contributed by atoms with Gasteiger partial charge in [0.05, 0.1) is 4.90 Å². The second-order valence-corrected chi connectivity index (χ2v) is 6.46. The van der Waals surface area contributed by atoms with Crippen molar-refractivity contribution in [1.82, 2.24) is 4.31 Å². The minimum absolute atomic E-state index is 0.0496. The molecule has 1 heterocycles. The smallest absolute Gasteiger partial charge is 0.243 e. The van der Waals surface area contributed by atoms with Crippen molar-refractivity contribution >= 4 is 10.0 Å². The van der Waals surface area contributed by atoms with Gasteiger partial charge in [0.2, 0.25) is 10.0 Å². The average molecular weight is 271 g/mol. The highest BCUT2D eigenvalue weighted by Gasteiger charge is 2.32. The molecule has 1 aromatic carbocycles. The molecule has 0 aliphatic carbocycles. The first-order valence-electron chi connectivity index (χ1n) is 5.94. The van der Waals surface area contributed by atoms with E-state index in [1.54, 1.807) is 0 Å². The van der Waals surface area contributed by atoms with Crippen molar-refractivity contribution in [2.24, 2.45) is 5.92 Å². The summed E-state index contributed by atoms with van der Waals surface area (Å²) in [5, 5.41) is 18.0. The Morgan fingerprint density at radius 3 is 2.56 bits per heavy atom. The van der Waals surface area contributed by atoms with Crippen molar-refractivity contribution in [3.63, 3.8) is 0 Å². The van der Waals surface area contributed by atoms with Gasteiger partial charge in [-0.3, -0.25) is 0 Å². The van der Waals surface area contributed by atoms with Gasteiger partial charge in [0, 0.05) is 19.7 Å². The summed E-state index contributed by atoms with van der Waals surface area (Å²) in [6.45, 7) is 1.05. The van der Waals surface area contributed by atoms with Crippen molar-refractivity contribution in [2.75, 3.05) is 19.7 Å². The van der Waals surface area contributed by atoms with Gasteiger partial charge < -0.3 is 10.2 Å². The Kier molecular flexibility index (Phi) is 3.89. The Bertz CT molecular complexity index is 497. The molecule has 1 fully saturated rings. The number of aliphatic hydroxyl groups excluding tert-OH is 1. The SMILES string of the molecule is O=S(=O)(c1ccc(O)cc1)N1CCC(CCO)C1. The molecule has 0 radical (unpaired) electrons. The highest BCUT2D eigenvalue weighted by atomic mass is 32.2. The lowest BCUT2D eigenvalue weighted by Crippen LogP contribution is -2.28. The molecule has 1 unspecified atom stereocenters. The third-order valence-electron chi connectivity index (χ3n) is 3.26. The molecule has 0 amide bonds. The molecule has 0 saturated carbocycles. The van der Waals surface area contributed by atoms with Crippen LogP contribution in [-0.4, -0.2) is 42.6 Å². The molecule has 0 aromatic heterocycles. The van der Waals surface area contributed by atoms with Gasteiger partial charge >= 0.3 is 0 Å². The van der Waals surface area contributed by atoms with E-state index in [2.05, 4.69) is 0 Å². The first-order chi connectivity index (χ1) is 8.54. The Balaban J connectivity index is 2.15. The monoisotopic (exact) mass is 271 g/mol. The van der Waals surface area contributed by atoms with E-state index in [9.17, 15) is 8.42 Å². The van der Waals surface area contributed by atoms with Crippen LogP contribution in [0.2, 0.25) is 0 Å². The molecular weight excluding hydrogens is 254 g/mol. The average Bonchev–Trinajstić information content (AvgIpc) is 2.79. The van der Waals surface area contributed by atoms with Gasteiger partial charge in [-0.2, -0.15) is 4.31 Å². The van der Waals surface area contributed by atoms with E-state index in [4.69, 9.17) is 10.2 Å². The lowest BCUT2D eigenvalue weighted by atomic mass is 10.1. The number of aliphatic hydroxyl groups is 1. The third kappa shape index (κ3) is 2.66. The number of aromatic hydroxyl groups is 1. The number of phenols is 1. The number of hydrogen-bond acceptors (Lipinski definition) is 4. The zero-order chi connectivity index (χ0) is 13.2. The van der Waals surface area contributed by atoms with E-state index in [-0.39, 0.29) is 23.2 Å². The maximum Gasteiger partial charge on any atom is 0.243 e. The largest absolute Gasteiger partial charge is 0.508 e. The van der Waals surface area contributed by atoms with Crippen molar-refractivity contribution in [3.8, 4) is 5.75 Å². The summed E-state index contributed by atoms with van der Waals surface area (Å²) in [6, 6.07) is 5.55. The van der Waals surface area contributed by atoms with Crippen LogP contribution in [0.15, 0.2) is 29.2 Å². The zero-order valence-electron chi connectivity index (χ0n) is 9.99. The topological polar surface area (TPSA) is 77.8 Å². The van der Waals surface area contributed by atoms with Gasteiger partial charge in [-0.25, -0.2) is 8.42 Å². The van der Waals surface area contributed by atoms with Crippen molar-refractivity contribution in [3.05, 3.63) is 24.3 Å². The fourth-order valence-electron chi connectivity index (χ4n) is 2.20. The predicted molar refractivity (Wildman–Crippen MR) is 66.7 cm³/mol. The van der Waals surface area contributed by atoms with E-state index >= 15 is 0 Å². The standard InChI is InChI=1S/C12H17NO4S/c14-8-6-10-5-7-13(9-10)18(16,17)12-3-1-11(15)2-4-12/h1-4,10,14-15H,5-9H2. The molecule has 100 valence electrons. The molecule has 1 atom stereocenters. The normalized spacial score (nSPS) is 21.3. The molecular formula is C12H17NO4S. The third-order valence-corrected chi connectivity index (χ3v) is 5.14. The second kappa shape index (κ2) is 5.26. The molecule has 6 heteroatoms. The number of phenolic OH excluding ortho intramolecular Hbond substituents is 1. The summed E-state index contributed by atoms with van der Waals surface area (Å²) in [7, 11) is -3.47. The molecule has 1 saturated heterocycles. The molecule has 1 aromatic rings. The molecule has 2 rings (SSSR count). The van der Waals surface area contributed by atoms with Crippen LogP contribution in [0.1, 0.15) is 12.8 Å². The van der Waals surface area contributed by atoms with Gasteiger partial charge in [-0.1, -0.05) is 0 Å². The first-order valence-corrected chi connectivity index (χ1v) is 7.38. The summed E-state index contributed by atoms with van der Waals surface area (Å²) in [5.41, 5.74) is 0. The minimum atomic E-state index is -3.47. The van der Waals surface area contributed by atoms with Crippen LogP contribution in [0, 0.1) is 5.92 Å². The Hall–Kier alpha value is -1.11. The van der Waals surface area contributed by atoms with E-state index in [1.165, 1.54) is 28.6 Å². The molecule has 0 spiro atoms. The van der Waals surface area contributed by atoms with E-state index < -0.39 is 10.0 Å². The minimum Gasteiger partial charge on any atom is -0.508 e. The van der Waals surface area contributed by atoms with Gasteiger partial charge in [0.15, 0.2) is 0 Å². The van der Waals surface area contributed by atoms with Crippen LogP contribution >= 0.6 is 0 Å². The predicted octanol–water partition coefficient (Wildman–Crippen LogP) is 0.785. The lowest BCUT2D eigenvalue weighted by molar-refractivity contribution is 0.259. The zero-order valence-corrected chi connectivity index (χ0v) is 10.8. The Labute approximate surface area is 107 Å². The maximum absolute atomic E-state index is 12.3. The van der Waals surface area contributed by atoms with E-state index in [0.717, 1.165) is 6.42 Å². The quantitative estimate of drug-likeness (QED) is 0.848. The summed E-state index contributed by atoms with van der Waals surface area (Å²) in [6.07, 6.45) is 1.43. The molecule has 2 N–H and O–H groups in total. The molecule has 1 aliphatic heterocycles. The highest BCUT2D eigenvalue weighted by molar-refractivity contribution is 7.89. The van der Waals surface area contributed by atoms with Crippen molar-refractivity contribution in [1.29, 1.82) is 0 Å². The lowest BCUT2D eigenvalue weighted by Gasteiger charge is -2.16. The second-order valence-electron chi connectivity index (χ2n) is 4.52. The van der Waals surface area contributed by atoms with E-state index in [0.29, 0.717) is 19.5 Å². The van der Waals surface area contributed by atoms with Crippen LogP contribution in [0.3, 0.4) is 0 Å². The van der Waals surface area contributed by atoms with Gasteiger partial charge in [0.25, 0.3) is 0 Å². The summed E-state index contributed by atoms with van der Waals surface area (Å²) in [5.74, 6) is 0.287. The first kappa shape index (κ1) is 13.3. The van der Waals surface area contributed by atoms with Crippen LogP contribution in [0.4, 0.5) is 0 Å². The molecule has 18 heavy (non-hydrogen) atoms. The van der Waals surface area contributed by atoms with Gasteiger partial charge in [-0.15, -0.1) is 0 Å².